The number of rotatable bonds is 6. The molecule has 1 aliphatic heterocycles. The summed E-state index contributed by atoms with van der Waals surface area (Å²) in [5.41, 5.74) is 3.13. The second kappa shape index (κ2) is 8.61. The molecule has 3 aromatic carbocycles. The lowest BCUT2D eigenvalue weighted by Gasteiger charge is -2.19. The number of ether oxygens (including phenoxy) is 1. The highest BCUT2D eigenvalue weighted by atomic mass is 35.5. The summed E-state index contributed by atoms with van der Waals surface area (Å²) in [7, 11) is -3.66. The van der Waals surface area contributed by atoms with E-state index in [0.717, 1.165) is 16.8 Å². The van der Waals surface area contributed by atoms with Crippen LogP contribution in [0.25, 0.3) is 0 Å². The quantitative estimate of drug-likeness (QED) is 0.595. The van der Waals surface area contributed by atoms with E-state index in [2.05, 4.69) is 5.32 Å². The first-order valence-electron chi connectivity index (χ1n) is 9.75. The summed E-state index contributed by atoms with van der Waals surface area (Å²) in [6.07, 6.45) is 0.692. The fourth-order valence-corrected chi connectivity index (χ4v) is 5.15. The number of amides is 1. The number of nitrogens with zero attached hydrogens (tertiary/aromatic N) is 1. The van der Waals surface area contributed by atoms with Crippen molar-refractivity contribution in [3.8, 4) is 5.75 Å². The highest BCUT2D eigenvalue weighted by Crippen LogP contribution is 2.33. The maximum Gasteiger partial charge on any atom is 0.264 e. The van der Waals surface area contributed by atoms with Crippen LogP contribution in [0.15, 0.2) is 71.6 Å². The Balaban J connectivity index is 1.40. The lowest BCUT2D eigenvalue weighted by atomic mass is 10.2. The summed E-state index contributed by atoms with van der Waals surface area (Å²) in [5.74, 6) is 0.0643. The minimum Gasteiger partial charge on any atom is -0.484 e. The van der Waals surface area contributed by atoms with Crippen LogP contribution in [-0.2, 0) is 21.2 Å². The van der Waals surface area contributed by atoms with Gasteiger partial charge in [0, 0.05) is 17.3 Å². The third-order valence-electron chi connectivity index (χ3n) is 5.17. The van der Waals surface area contributed by atoms with Crippen LogP contribution in [0, 0.1) is 6.92 Å². The molecule has 3 aromatic rings. The van der Waals surface area contributed by atoms with Gasteiger partial charge >= 0.3 is 0 Å². The molecule has 1 N–H and O–H groups in total. The Morgan fingerprint density at radius 2 is 1.81 bits per heavy atom. The fraction of sp³-hybridized carbons (Fsp3) is 0.174. The summed E-state index contributed by atoms with van der Waals surface area (Å²) in [4.78, 5) is 12.4. The summed E-state index contributed by atoms with van der Waals surface area (Å²) in [6.45, 7) is 2.03. The Morgan fingerprint density at radius 3 is 2.58 bits per heavy atom. The van der Waals surface area contributed by atoms with Crippen LogP contribution in [0.4, 0.5) is 11.4 Å². The summed E-state index contributed by atoms with van der Waals surface area (Å²) in [5, 5.41) is 3.32. The third kappa shape index (κ3) is 4.38. The van der Waals surface area contributed by atoms with Gasteiger partial charge in [0.05, 0.1) is 10.6 Å². The first-order valence-corrected chi connectivity index (χ1v) is 11.6. The molecule has 6 nitrogen and oxygen atoms in total. The summed E-state index contributed by atoms with van der Waals surface area (Å²) >= 11 is 6.06. The van der Waals surface area contributed by atoms with Crippen molar-refractivity contribution < 1.29 is 17.9 Å². The van der Waals surface area contributed by atoms with Crippen LogP contribution >= 0.6 is 11.6 Å². The Bertz CT molecular complexity index is 1230. The average molecular weight is 457 g/mol. The van der Waals surface area contributed by atoms with E-state index < -0.39 is 10.0 Å². The number of sulfonamides is 1. The zero-order valence-corrected chi connectivity index (χ0v) is 18.4. The number of hydrogen-bond acceptors (Lipinski definition) is 4. The van der Waals surface area contributed by atoms with E-state index in [1.54, 1.807) is 30.3 Å². The molecule has 0 radical (unpaired) electrons. The van der Waals surface area contributed by atoms with E-state index in [1.807, 2.05) is 31.2 Å². The number of nitrogens with one attached hydrogen (secondary N) is 1. The van der Waals surface area contributed by atoms with E-state index in [1.165, 1.54) is 16.4 Å². The maximum absolute atomic E-state index is 13.0. The number of carbonyl (C=O) groups excluding carboxylic acids is 1. The van der Waals surface area contributed by atoms with Crippen LogP contribution in [0.5, 0.6) is 5.75 Å². The SMILES string of the molecule is Cc1c(Cl)cccc1NC(=O)COc1ccc(S(=O)(=O)N2CCc3ccccc32)cc1. The van der Waals surface area contributed by atoms with Gasteiger partial charge in [-0.05, 0) is 66.9 Å². The molecule has 0 atom stereocenters. The number of carbonyl (C=O) groups is 1. The molecule has 0 saturated heterocycles. The molecule has 0 saturated carbocycles. The lowest BCUT2D eigenvalue weighted by molar-refractivity contribution is -0.118. The Labute approximate surface area is 186 Å². The standard InChI is InChI=1S/C23H21ClN2O4S/c1-16-20(24)6-4-7-21(16)25-23(27)15-30-18-9-11-19(12-10-18)31(28,29)26-14-13-17-5-2-3-8-22(17)26/h2-12H,13-15H2,1H3,(H,25,27). The molecule has 0 aliphatic carbocycles. The molecule has 0 aromatic heterocycles. The maximum atomic E-state index is 13.0. The minimum atomic E-state index is -3.66. The highest BCUT2D eigenvalue weighted by molar-refractivity contribution is 7.92. The predicted octanol–water partition coefficient (Wildman–Crippen LogP) is 4.42. The van der Waals surface area contributed by atoms with Gasteiger partial charge in [0.15, 0.2) is 6.61 Å². The van der Waals surface area contributed by atoms with Crippen LogP contribution in [0.3, 0.4) is 0 Å². The van der Waals surface area contributed by atoms with Crippen LogP contribution in [0.2, 0.25) is 5.02 Å². The average Bonchev–Trinajstić information content (AvgIpc) is 3.21. The molecule has 1 amide bonds. The van der Waals surface area contributed by atoms with Crippen molar-refractivity contribution >= 4 is 38.9 Å². The topological polar surface area (TPSA) is 75.7 Å². The summed E-state index contributed by atoms with van der Waals surface area (Å²) < 4.78 is 33.0. The molecule has 0 bridgehead atoms. The van der Waals surface area contributed by atoms with E-state index in [0.29, 0.717) is 29.4 Å². The van der Waals surface area contributed by atoms with Gasteiger partial charge < -0.3 is 10.1 Å². The first kappa shape index (κ1) is 21.2. The highest BCUT2D eigenvalue weighted by Gasteiger charge is 2.30. The Hall–Kier alpha value is -3.03. The van der Waals surface area contributed by atoms with Gasteiger partial charge in [-0.15, -0.1) is 0 Å². The molecule has 31 heavy (non-hydrogen) atoms. The van der Waals surface area contributed by atoms with Crippen LogP contribution in [0.1, 0.15) is 11.1 Å². The third-order valence-corrected chi connectivity index (χ3v) is 7.40. The zero-order valence-electron chi connectivity index (χ0n) is 16.8. The molecular weight excluding hydrogens is 436 g/mol. The molecular formula is C23H21ClN2O4S. The number of fused-ring (bicyclic) bond motifs is 1. The number of halogens is 1. The molecule has 8 heteroatoms. The normalized spacial score (nSPS) is 13.0. The van der Waals surface area contributed by atoms with Crippen LogP contribution < -0.4 is 14.4 Å². The van der Waals surface area contributed by atoms with Gasteiger partial charge in [0.1, 0.15) is 5.75 Å². The molecule has 0 unspecified atom stereocenters. The second-order valence-corrected chi connectivity index (χ2v) is 9.45. The van der Waals surface area contributed by atoms with Gasteiger partial charge in [-0.2, -0.15) is 0 Å². The van der Waals surface area contributed by atoms with Crippen molar-refractivity contribution in [3.63, 3.8) is 0 Å². The minimum absolute atomic E-state index is 0.176. The monoisotopic (exact) mass is 456 g/mol. The van der Waals surface area contributed by atoms with Gasteiger partial charge in [-0.1, -0.05) is 35.9 Å². The molecule has 160 valence electrons. The lowest BCUT2D eigenvalue weighted by Crippen LogP contribution is -2.29. The second-order valence-electron chi connectivity index (χ2n) is 7.18. The van der Waals surface area contributed by atoms with E-state index in [-0.39, 0.29) is 17.4 Å². The Morgan fingerprint density at radius 1 is 1.06 bits per heavy atom. The van der Waals surface area contributed by atoms with Crippen molar-refractivity contribution in [2.24, 2.45) is 0 Å². The van der Waals surface area contributed by atoms with Gasteiger partial charge in [-0.3, -0.25) is 9.10 Å². The largest absolute Gasteiger partial charge is 0.484 e. The first-order chi connectivity index (χ1) is 14.9. The molecule has 1 heterocycles. The number of anilines is 2. The Kier molecular flexibility index (Phi) is 5.89. The van der Waals surface area contributed by atoms with Crippen molar-refractivity contribution in [2.75, 3.05) is 22.8 Å². The van der Waals surface area contributed by atoms with Crippen molar-refractivity contribution in [3.05, 3.63) is 82.9 Å². The van der Waals surface area contributed by atoms with E-state index >= 15 is 0 Å². The number of hydrogen-bond donors (Lipinski definition) is 1. The zero-order chi connectivity index (χ0) is 22.0. The van der Waals surface area contributed by atoms with Gasteiger partial charge in [0.25, 0.3) is 15.9 Å². The molecule has 0 fully saturated rings. The van der Waals surface area contributed by atoms with Crippen molar-refractivity contribution in [1.82, 2.24) is 0 Å². The number of para-hydroxylation sites is 1. The molecule has 4 rings (SSSR count). The van der Waals surface area contributed by atoms with Crippen molar-refractivity contribution in [2.45, 2.75) is 18.2 Å². The van der Waals surface area contributed by atoms with E-state index in [4.69, 9.17) is 16.3 Å². The van der Waals surface area contributed by atoms with Crippen LogP contribution in [-0.4, -0.2) is 27.5 Å². The predicted molar refractivity (Wildman–Crippen MR) is 121 cm³/mol. The fourth-order valence-electron chi connectivity index (χ4n) is 3.47. The summed E-state index contributed by atoms with van der Waals surface area (Å²) in [6, 6.07) is 18.8. The van der Waals surface area contributed by atoms with Gasteiger partial charge in [0.2, 0.25) is 0 Å². The van der Waals surface area contributed by atoms with Gasteiger partial charge in [-0.25, -0.2) is 8.42 Å². The molecule has 1 aliphatic rings. The molecule has 0 spiro atoms. The number of benzene rings is 3. The van der Waals surface area contributed by atoms with E-state index in [9.17, 15) is 13.2 Å². The smallest absolute Gasteiger partial charge is 0.264 e. The van der Waals surface area contributed by atoms with Crippen molar-refractivity contribution in [1.29, 1.82) is 0 Å².